The third-order valence-electron chi connectivity index (χ3n) is 3.71. The zero-order valence-electron chi connectivity index (χ0n) is 14.0. The van der Waals surface area contributed by atoms with Crippen LogP contribution in [0, 0.1) is 0 Å². The van der Waals surface area contributed by atoms with Crippen molar-refractivity contribution in [2.75, 3.05) is 5.32 Å². The van der Waals surface area contributed by atoms with Gasteiger partial charge in [0.1, 0.15) is 0 Å². The van der Waals surface area contributed by atoms with Gasteiger partial charge in [-0.1, -0.05) is 60.5 Å². The lowest BCUT2D eigenvalue weighted by Gasteiger charge is -2.16. The van der Waals surface area contributed by atoms with Crippen molar-refractivity contribution in [1.29, 1.82) is 0 Å². The van der Waals surface area contributed by atoms with Gasteiger partial charge in [-0.3, -0.25) is 9.59 Å². The highest BCUT2D eigenvalue weighted by Crippen LogP contribution is 2.25. The van der Waals surface area contributed by atoms with E-state index in [0.717, 1.165) is 5.56 Å². The Balaban J connectivity index is 1.88. The minimum absolute atomic E-state index is 0.00895. The number of amides is 1. The molecule has 6 heteroatoms. The highest BCUT2D eigenvalue weighted by atomic mass is 35.5. The van der Waals surface area contributed by atoms with Crippen LogP contribution in [0.2, 0.25) is 10.0 Å². The number of anilines is 1. The van der Waals surface area contributed by atoms with Crippen LogP contribution in [0.5, 0.6) is 0 Å². The van der Waals surface area contributed by atoms with E-state index >= 15 is 0 Å². The SMILES string of the molecule is CC(OC(=O)CC(C)c1ccccc1)C(=O)Nc1ccc(Cl)cc1Cl. The first-order chi connectivity index (χ1) is 11.9. The van der Waals surface area contributed by atoms with Crippen LogP contribution in [-0.2, 0) is 14.3 Å². The van der Waals surface area contributed by atoms with Crippen LogP contribution in [-0.4, -0.2) is 18.0 Å². The number of esters is 1. The summed E-state index contributed by atoms with van der Waals surface area (Å²) >= 11 is 11.8. The molecular weight excluding hydrogens is 361 g/mol. The van der Waals surface area contributed by atoms with Gasteiger partial charge in [0.05, 0.1) is 17.1 Å². The molecule has 4 nitrogen and oxygen atoms in total. The number of benzene rings is 2. The summed E-state index contributed by atoms with van der Waals surface area (Å²) in [6.07, 6.45) is -0.731. The van der Waals surface area contributed by atoms with Crippen LogP contribution in [0.25, 0.3) is 0 Å². The molecule has 1 N–H and O–H groups in total. The van der Waals surface area contributed by atoms with Gasteiger partial charge in [0.25, 0.3) is 5.91 Å². The number of rotatable bonds is 6. The van der Waals surface area contributed by atoms with Gasteiger partial charge in [-0.15, -0.1) is 0 Å². The summed E-state index contributed by atoms with van der Waals surface area (Å²) in [6.45, 7) is 3.46. The molecule has 2 atom stereocenters. The molecular formula is C19H19Cl2NO3. The predicted molar refractivity (Wildman–Crippen MR) is 100 cm³/mol. The lowest BCUT2D eigenvalue weighted by Crippen LogP contribution is -2.30. The molecule has 2 rings (SSSR count). The number of ether oxygens (including phenoxy) is 1. The zero-order chi connectivity index (χ0) is 18.4. The quantitative estimate of drug-likeness (QED) is 0.713. The van der Waals surface area contributed by atoms with Gasteiger partial charge in [-0.25, -0.2) is 0 Å². The van der Waals surface area contributed by atoms with Gasteiger partial charge in [-0.05, 0) is 36.6 Å². The van der Waals surface area contributed by atoms with Crippen molar-refractivity contribution in [3.8, 4) is 0 Å². The minimum Gasteiger partial charge on any atom is -0.453 e. The Hall–Kier alpha value is -2.04. The Morgan fingerprint density at radius 2 is 1.76 bits per heavy atom. The highest BCUT2D eigenvalue weighted by Gasteiger charge is 2.20. The summed E-state index contributed by atoms with van der Waals surface area (Å²) in [7, 11) is 0. The van der Waals surface area contributed by atoms with Crippen LogP contribution < -0.4 is 5.32 Å². The van der Waals surface area contributed by atoms with Crippen LogP contribution in [0.3, 0.4) is 0 Å². The molecule has 0 aliphatic rings. The smallest absolute Gasteiger partial charge is 0.307 e. The molecule has 0 aliphatic carbocycles. The van der Waals surface area contributed by atoms with E-state index in [1.807, 2.05) is 37.3 Å². The van der Waals surface area contributed by atoms with Crippen molar-refractivity contribution in [2.45, 2.75) is 32.3 Å². The molecule has 0 spiro atoms. The first kappa shape index (κ1) is 19.3. The van der Waals surface area contributed by atoms with Gasteiger partial charge in [0.15, 0.2) is 6.10 Å². The molecule has 0 radical (unpaired) electrons. The highest BCUT2D eigenvalue weighted by molar-refractivity contribution is 6.36. The zero-order valence-corrected chi connectivity index (χ0v) is 15.5. The maximum atomic E-state index is 12.2. The summed E-state index contributed by atoms with van der Waals surface area (Å²) < 4.78 is 5.22. The van der Waals surface area contributed by atoms with Crippen LogP contribution in [0.4, 0.5) is 5.69 Å². The molecule has 2 aromatic rings. The Morgan fingerprint density at radius 3 is 2.40 bits per heavy atom. The number of halogens is 2. The third kappa shape index (κ3) is 5.76. The van der Waals surface area contributed by atoms with E-state index in [1.165, 1.54) is 13.0 Å². The second-order valence-corrected chi connectivity index (χ2v) is 6.60. The minimum atomic E-state index is -0.929. The third-order valence-corrected chi connectivity index (χ3v) is 4.26. The van der Waals surface area contributed by atoms with Crippen molar-refractivity contribution >= 4 is 40.8 Å². The van der Waals surface area contributed by atoms with Crippen molar-refractivity contribution in [3.05, 3.63) is 64.1 Å². The maximum absolute atomic E-state index is 12.2. The van der Waals surface area contributed by atoms with Gasteiger partial charge < -0.3 is 10.1 Å². The van der Waals surface area contributed by atoms with Gasteiger partial charge in [-0.2, -0.15) is 0 Å². The van der Waals surface area contributed by atoms with Crippen LogP contribution in [0.15, 0.2) is 48.5 Å². The largest absolute Gasteiger partial charge is 0.453 e. The summed E-state index contributed by atoms with van der Waals surface area (Å²) in [5.41, 5.74) is 1.46. The fourth-order valence-corrected chi connectivity index (χ4v) is 2.73. The van der Waals surface area contributed by atoms with E-state index < -0.39 is 18.0 Å². The molecule has 2 unspecified atom stereocenters. The van der Waals surface area contributed by atoms with E-state index in [0.29, 0.717) is 15.7 Å². The number of nitrogens with one attached hydrogen (secondary N) is 1. The fraction of sp³-hybridized carbons (Fsp3) is 0.263. The summed E-state index contributed by atoms with van der Waals surface area (Å²) in [5.74, 6) is -0.874. The van der Waals surface area contributed by atoms with Crippen molar-refractivity contribution in [3.63, 3.8) is 0 Å². The Morgan fingerprint density at radius 1 is 1.08 bits per heavy atom. The number of carbonyl (C=O) groups is 2. The molecule has 0 bridgehead atoms. The molecule has 0 saturated heterocycles. The van der Waals surface area contributed by atoms with E-state index in [1.54, 1.807) is 12.1 Å². The molecule has 0 aliphatic heterocycles. The monoisotopic (exact) mass is 379 g/mol. The van der Waals surface area contributed by atoms with Gasteiger partial charge >= 0.3 is 5.97 Å². The Kier molecular flexibility index (Phi) is 6.85. The summed E-state index contributed by atoms with van der Waals surface area (Å²) in [4.78, 5) is 24.2. The maximum Gasteiger partial charge on any atom is 0.307 e. The number of carbonyl (C=O) groups excluding carboxylic acids is 2. The van der Waals surface area contributed by atoms with E-state index in [-0.39, 0.29) is 12.3 Å². The second kappa shape index (κ2) is 8.88. The number of hydrogen-bond acceptors (Lipinski definition) is 3. The molecule has 0 aromatic heterocycles. The molecule has 1 amide bonds. The van der Waals surface area contributed by atoms with Crippen molar-refractivity contribution in [1.82, 2.24) is 0 Å². The first-order valence-corrected chi connectivity index (χ1v) is 8.62. The normalized spacial score (nSPS) is 13.0. The standard InChI is InChI=1S/C19H19Cl2NO3/c1-12(14-6-4-3-5-7-14)10-18(23)25-13(2)19(24)22-17-9-8-15(20)11-16(17)21/h3-9,11-13H,10H2,1-2H3,(H,22,24). The first-order valence-electron chi connectivity index (χ1n) is 7.87. The average Bonchev–Trinajstić information content (AvgIpc) is 2.57. The fourth-order valence-electron chi connectivity index (χ4n) is 2.27. The second-order valence-electron chi connectivity index (χ2n) is 5.76. The van der Waals surface area contributed by atoms with Gasteiger partial charge in [0.2, 0.25) is 0 Å². The summed E-state index contributed by atoms with van der Waals surface area (Å²) in [5, 5.41) is 3.41. The molecule has 2 aromatic carbocycles. The predicted octanol–water partition coefficient (Wildman–Crippen LogP) is 5.06. The molecule has 132 valence electrons. The molecule has 0 fully saturated rings. The van der Waals surface area contributed by atoms with Gasteiger partial charge in [0, 0.05) is 5.02 Å². The number of hydrogen-bond donors (Lipinski definition) is 1. The lowest BCUT2D eigenvalue weighted by atomic mass is 9.98. The summed E-state index contributed by atoms with van der Waals surface area (Å²) in [6, 6.07) is 14.4. The molecule has 0 heterocycles. The van der Waals surface area contributed by atoms with E-state index in [2.05, 4.69) is 5.32 Å². The molecule has 25 heavy (non-hydrogen) atoms. The topological polar surface area (TPSA) is 55.4 Å². The molecule has 0 saturated carbocycles. The average molecular weight is 380 g/mol. The van der Waals surface area contributed by atoms with Crippen LogP contribution >= 0.6 is 23.2 Å². The lowest BCUT2D eigenvalue weighted by molar-refractivity contribution is -0.153. The Labute approximate surface area is 157 Å². The van der Waals surface area contributed by atoms with E-state index in [9.17, 15) is 9.59 Å². The van der Waals surface area contributed by atoms with Crippen molar-refractivity contribution in [2.24, 2.45) is 0 Å². The van der Waals surface area contributed by atoms with Crippen LogP contribution in [0.1, 0.15) is 31.7 Å². The van der Waals surface area contributed by atoms with E-state index in [4.69, 9.17) is 27.9 Å². The van der Waals surface area contributed by atoms with Crippen molar-refractivity contribution < 1.29 is 14.3 Å². The Bertz CT molecular complexity index is 750.